The van der Waals surface area contributed by atoms with Gasteiger partial charge in [-0.25, -0.2) is 4.79 Å². The summed E-state index contributed by atoms with van der Waals surface area (Å²) in [5, 5.41) is 11.2. The van der Waals surface area contributed by atoms with E-state index in [-0.39, 0.29) is 18.0 Å². The standard InChI is InChI=1S/C20H23ClN6O2/c1-26(16-3-2-8-27(12-16)19(28)18-6-7-23-25-18)20(29)22-11-15-10-13-9-14(21)4-5-17(13)24-15/h4-7,9-10,16,24H,2-3,8,11-12H2,1H3,(H,22,29)(H,23,25)/t16-/m1/s1. The van der Waals surface area contributed by atoms with Gasteiger partial charge in [0.25, 0.3) is 5.91 Å². The van der Waals surface area contributed by atoms with Gasteiger partial charge >= 0.3 is 6.03 Å². The third kappa shape index (κ3) is 4.22. The van der Waals surface area contributed by atoms with Crippen molar-refractivity contribution in [3.05, 3.63) is 52.9 Å². The predicted molar refractivity (Wildman–Crippen MR) is 111 cm³/mol. The van der Waals surface area contributed by atoms with Crippen LogP contribution in [0.4, 0.5) is 4.79 Å². The number of carbonyl (C=O) groups excluding carboxylic acids is 2. The van der Waals surface area contributed by atoms with E-state index in [1.165, 1.54) is 0 Å². The zero-order chi connectivity index (χ0) is 20.4. The first kappa shape index (κ1) is 19.3. The maximum absolute atomic E-state index is 12.7. The minimum absolute atomic E-state index is 0.0304. The highest BCUT2D eigenvalue weighted by atomic mass is 35.5. The highest BCUT2D eigenvalue weighted by molar-refractivity contribution is 6.31. The van der Waals surface area contributed by atoms with Crippen LogP contribution >= 0.6 is 11.6 Å². The molecule has 2 aromatic heterocycles. The van der Waals surface area contributed by atoms with Crippen LogP contribution in [0.5, 0.6) is 0 Å². The first-order valence-electron chi connectivity index (χ1n) is 9.58. The number of rotatable bonds is 4. The van der Waals surface area contributed by atoms with Crippen LogP contribution in [0.1, 0.15) is 29.0 Å². The second-order valence-electron chi connectivity index (χ2n) is 7.31. The number of aromatic nitrogens is 3. The SMILES string of the molecule is CN(C(=O)NCc1cc2cc(Cl)ccc2[nH]1)[C@@H]1CCCN(C(=O)c2ccn[nH]2)C1. The topological polar surface area (TPSA) is 97.1 Å². The average Bonchev–Trinajstić information content (AvgIpc) is 3.40. The Kier molecular flexibility index (Phi) is 5.44. The Hall–Kier alpha value is -3.00. The van der Waals surface area contributed by atoms with Crippen molar-refractivity contribution < 1.29 is 9.59 Å². The fourth-order valence-electron chi connectivity index (χ4n) is 3.72. The van der Waals surface area contributed by atoms with Crippen molar-refractivity contribution in [2.24, 2.45) is 0 Å². The molecule has 29 heavy (non-hydrogen) atoms. The van der Waals surface area contributed by atoms with E-state index in [0.717, 1.165) is 29.4 Å². The van der Waals surface area contributed by atoms with E-state index < -0.39 is 0 Å². The lowest BCUT2D eigenvalue weighted by molar-refractivity contribution is 0.0630. The number of carbonyl (C=O) groups is 2. The summed E-state index contributed by atoms with van der Waals surface area (Å²) >= 11 is 6.03. The van der Waals surface area contributed by atoms with Gasteiger partial charge in [-0.2, -0.15) is 5.10 Å². The van der Waals surface area contributed by atoms with Crippen LogP contribution in [-0.2, 0) is 6.54 Å². The summed E-state index contributed by atoms with van der Waals surface area (Å²) in [6.45, 7) is 1.58. The minimum atomic E-state index is -0.164. The molecule has 1 saturated heterocycles. The Balaban J connectivity index is 1.34. The van der Waals surface area contributed by atoms with Crippen molar-refractivity contribution in [2.75, 3.05) is 20.1 Å². The molecule has 0 spiro atoms. The molecule has 1 aliphatic heterocycles. The summed E-state index contributed by atoms with van der Waals surface area (Å²) < 4.78 is 0. The highest BCUT2D eigenvalue weighted by Gasteiger charge is 2.29. The maximum atomic E-state index is 12.7. The number of likely N-dealkylation sites (tertiary alicyclic amines) is 1. The van der Waals surface area contributed by atoms with Crippen LogP contribution in [0.15, 0.2) is 36.5 Å². The molecule has 3 heterocycles. The van der Waals surface area contributed by atoms with Crippen LogP contribution in [0, 0.1) is 0 Å². The zero-order valence-electron chi connectivity index (χ0n) is 16.1. The van der Waals surface area contributed by atoms with Crippen LogP contribution in [0.25, 0.3) is 10.9 Å². The molecule has 1 aliphatic rings. The summed E-state index contributed by atoms with van der Waals surface area (Å²) in [6.07, 6.45) is 3.28. The first-order valence-corrected chi connectivity index (χ1v) is 9.95. The molecule has 0 radical (unpaired) electrons. The zero-order valence-corrected chi connectivity index (χ0v) is 16.9. The fourth-order valence-corrected chi connectivity index (χ4v) is 3.90. The number of likely N-dealkylation sites (N-methyl/N-ethyl adjacent to an activating group) is 1. The molecule has 0 bridgehead atoms. The number of piperidine rings is 1. The molecular weight excluding hydrogens is 392 g/mol. The van der Waals surface area contributed by atoms with Crippen LogP contribution in [0.3, 0.4) is 0 Å². The van der Waals surface area contributed by atoms with Gasteiger partial charge in [-0.05, 0) is 43.2 Å². The largest absolute Gasteiger partial charge is 0.357 e. The number of amides is 3. The third-order valence-electron chi connectivity index (χ3n) is 5.35. The number of urea groups is 1. The molecule has 0 saturated carbocycles. The Morgan fingerprint density at radius 1 is 1.34 bits per heavy atom. The van der Waals surface area contributed by atoms with E-state index in [1.54, 1.807) is 29.1 Å². The van der Waals surface area contributed by atoms with Crippen molar-refractivity contribution in [1.29, 1.82) is 0 Å². The van der Waals surface area contributed by atoms with Gasteiger partial charge in [-0.15, -0.1) is 0 Å². The summed E-state index contributed by atoms with van der Waals surface area (Å²) in [7, 11) is 1.77. The Labute approximate surface area is 173 Å². The normalized spacial score (nSPS) is 16.8. The number of aromatic amines is 2. The molecule has 3 amide bonds. The van der Waals surface area contributed by atoms with E-state index in [9.17, 15) is 9.59 Å². The Bertz CT molecular complexity index is 1020. The lowest BCUT2D eigenvalue weighted by Gasteiger charge is -2.37. The quantitative estimate of drug-likeness (QED) is 0.612. The summed E-state index contributed by atoms with van der Waals surface area (Å²) in [6, 6.07) is 9.08. The number of hydrogen-bond acceptors (Lipinski definition) is 3. The van der Waals surface area contributed by atoms with Gasteiger partial charge in [0, 0.05) is 48.0 Å². The lowest BCUT2D eigenvalue weighted by Crippen LogP contribution is -2.52. The van der Waals surface area contributed by atoms with E-state index in [0.29, 0.717) is 30.4 Å². The van der Waals surface area contributed by atoms with Crippen molar-refractivity contribution in [1.82, 2.24) is 30.3 Å². The smallest absolute Gasteiger partial charge is 0.317 e. The van der Waals surface area contributed by atoms with Crippen LogP contribution in [0.2, 0.25) is 5.02 Å². The molecule has 3 aromatic rings. The summed E-state index contributed by atoms with van der Waals surface area (Å²) in [5.74, 6) is -0.0854. The van der Waals surface area contributed by atoms with E-state index in [1.807, 2.05) is 24.3 Å². The van der Waals surface area contributed by atoms with Gasteiger partial charge < -0.3 is 20.1 Å². The fraction of sp³-hybridized carbons (Fsp3) is 0.350. The summed E-state index contributed by atoms with van der Waals surface area (Å²) in [4.78, 5) is 31.9. The van der Waals surface area contributed by atoms with Gasteiger partial charge in [0.1, 0.15) is 5.69 Å². The molecule has 1 fully saturated rings. The number of H-pyrrole nitrogens is 2. The number of halogens is 1. The predicted octanol–water partition coefficient (Wildman–Crippen LogP) is 2.99. The molecule has 152 valence electrons. The molecule has 0 unspecified atom stereocenters. The monoisotopic (exact) mass is 414 g/mol. The highest BCUT2D eigenvalue weighted by Crippen LogP contribution is 2.20. The van der Waals surface area contributed by atoms with Gasteiger partial charge in [0.05, 0.1) is 12.6 Å². The number of fused-ring (bicyclic) bond motifs is 1. The number of nitrogens with one attached hydrogen (secondary N) is 3. The number of nitrogens with zero attached hydrogens (tertiary/aromatic N) is 3. The van der Waals surface area contributed by atoms with E-state index in [2.05, 4.69) is 20.5 Å². The Morgan fingerprint density at radius 2 is 2.21 bits per heavy atom. The van der Waals surface area contributed by atoms with Crippen molar-refractivity contribution in [3.8, 4) is 0 Å². The molecule has 0 aliphatic carbocycles. The molecule has 9 heteroatoms. The van der Waals surface area contributed by atoms with Gasteiger partial charge in [0.2, 0.25) is 0 Å². The molecule has 1 atom stereocenters. The van der Waals surface area contributed by atoms with E-state index >= 15 is 0 Å². The Morgan fingerprint density at radius 3 is 3.00 bits per heavy atom. The summed E-state index contributed by atoms with van der Waals surface area (Å²) in [5.41, 5.74) is 2.35. The molecule has 8 nitrogen and oxygen atoms in total. The van der Waals surface area contributed by atoms with Crippen molar-refractivity contribution in [3.63, 3.8) is 0 Å². The van der Waals surface area contributed by atoms with Gasteiger partial charge in [-0.1, -0.05) is 11.6 Å². The second kappa shape index (κ2) is 8.16. The molecule has 3 N–H and O–H groups in total. The maximum Gasteiger partial charge on any atom is 0.317 e. The van der Waals surface area contributed by atoms with Gasteiger partial charge in [0.15, 0.2) is 0 Å². The van der Waals surface area contributed by atoms with Crippen molar-refractivity contribution >= 4 is 34.4 Å². The average molecular weight is 415 g/mol. The second-order valence-corrected chi connectivity index (χ2v) is 7.75. The number of benzene rings is 1. The van der Waals surface area contributed by atoms with Crippen LogP contribution in [-0.4, -0.2) is 63.1 Å². The lowest BCUT2D eigenvalue weighted by atomic mass is 10.0. The number of hydrogen-bond donors (Lipinski definition) is 3. The first-order chi connectivity index (χ1) is 14.0. The van der Waals surface area contributed by atoms with Crippen molar-refractivity contribution in [2.45, 2.75) is 25.4 Å². The minimum Gasteiger partial charge on any atom is -0.357 e. The molecular formula is C20H23ClN6O2. The van der Waals surface area contributed by atoms with Gasteiger partial charge in [-0.3, -0.25) is 9.89 Å². The molecule has 1 aromatic carbocycles. The third-order valence-corrected chi connectivity index (χ3v) is 5.59. The van der Waals surface area contributed by atoms with E-state index in [4.69, 9.17) is 11.6 Å². The molecule has 4 rings (SSSR count). The van der Waals surface area contributed by atoms with Crippen LogP contribution < -0.4 is 5.32 Å².